The van der Waals surface area contributed by atoms with Crippen molar-refractivity contribution in [2.24, 2.45) is 0 Å². The van der Waals surface area contributed by atoms with E-state index in [0.717, 1.165) is 33.1 Å². The molecule has 1 heterocycles. The van der Waals surface area contributed by atoms with Crippen LogP contribution in [0.3, 0.4) is 0 Å². The summed E-state index contributed by atoms with van der Waals surface area (Å²) in [7, 11) is 1.86. The maximum atomic E-state index is 4.52. The van der Waals surface area contributed by atoms with Gasteiger partial charge in [0, 0.05) is 17.5 Å². The summed E-state index contributed by atoms with van der Waals surface area (Å²) in [4.78, 5) is 10.3. The molecule has 2 rings (SSSR count). The Morgan fingerprint density at radius 2 is 1.89 bits per heavy atom. The van der Waals surface area contributed by atoms with Crippen LogP contribution in [0.25, 0.3) is 11.4 Å². The number of nitrogens with zero attached hydrogens (tertiary/aromatic N) is 2. The molecule has 1 N–H and O–H groups in total. The molecule has 5 heteroatoms. The minimum atomic E-state index is 0.748. The van der Waals surface area contributed by atoms with E-state index in [-0.39, 0.29) is 0 Å². The average molecular weight is 338 g/mol. The molecule has 0 aliphatic rings. The van der Waals surface area contributed by atoms with Crippen LogP contribution in [0, 0.1) is 6.92 Å². The third kappa shape index (κ3) is 3.28. The number of halogens is 1. The molecule has 1 aromatic heterocycles. The highest BCUT2D eigenvalue weighted by Crippen LogP contribution is 2.27. The van der Waals surface area contributed by atoms with E-state index >= 15 is 0 Å². The fourth-order valence-corrected chi connectivity index (χ4v) is 2.76. The first-order valence-corrected chi connectivity index (χ1v) is 7.88. The smallest absolute Gasteiger partial charge is 0.161 e. The zero-order valence-corrected chi connectivity index (χ0v) is 13.6. The first kappa shape index (κ1) is 14.3. The zero-order chi connectivity index (χ0) is 13.8. The topological polar surface area (TPSA) is 37.8 Å². The zero-order valence-electron chi connectivity index (χ0n) is 11.2. The van der Waals surface area contributed by atoms with Gasteiger partial charge in [0.2, 0.25) is 0 Å². The Hall–Kier alpha value is -1.07. The summed E-state index contributed by atoms with van der Waals surface area (Å²) in [5.41, 5.74) is 1.97. The highest BCUT2D eigenvalue weighted by Gasteiger charge is 2.09. The van der Waals surface area contributed by atoms with Crippen molar-refractivity contribution in [3.05, 3.63) is 34.4 Å². The fraction of sp³-hybridized carbons (Fsp3) is 0.286. The second kappa shape index (κ2) is 6.39. The van der Waals surface area contributed by atoms with E-state index in [4.69, 9.17) is 0 Å². The van der Waals surface area contributed by atoms with Crippen LogP contribution in [0.2, 0.25) is 0 Å². The Balaban J connectivity index is 2.38. The number of anilines is 1. The van der Waals surface area contributed by atoms with Gasteiger partial charge < -0.3 is 5.32 Å². The quantitative estimate of drug-likeness (QED) is 0.840. The van der Waals surface area contributed by atoms with Gasteiger partial charge in [-0.15, -0.1) is 11.8 Å². The molecule has 100 valence electrons. The van der Waals surface area contributed by atoms with Crippen molar-refractivity contribution in [2.45, 2.75) is 18.7 Å². The normalized spacial score (nSPS) is 10.5. The summed E-state index contributed by atoms with van der Waals surface area (Å²) < 4.78 is 0.914. The van der Waals surface area contributed by atoms with Crippen molar-refractivity contribution < 1.29 is 0 Å². The summed E-state index contributed by atoms with van der Waals surface area (Å²) in [5, 5.41) is 3.08. The van der Waals surface area contributed by atoms with Crippen molar-refractivity contribution in [3.63, 3.8) is 0 Å². The molecule has 0 saturated heterocycles. The monoisotopic (exact) mass is 337 g/mol. The van der Waals surface area contributed by atoms with E-state index in [0.29, 0.717) is 0 Å². The van der Waals surface area contributed by atoms with E-state index < -0.39 is 0 Å². The van der Waals surface area contributed by atoms with E-state index in [2.05, 4.69) is 62.4 Å². The van der Waals surface area contributed by atoms with E-state index in [1.807, 2.05) is 25.7 Å². The Morgan fingerprint density at radius 1 is 1.21 bits per heavy atom. The minimum Gasteiger partial charge on any atom is -0.372 e. The molecule has 1 aromatic carbocycles. The van der Waals surface area contributed by atoms with Crippen LogP contribution in [-0.2, 0) is 0 Å². The van der Waals surface area contributed by atoms with Crippen LogP contribution < -0.4 is 5.32 Å². The Morgan fingerprint density at radius 3 is 2.47 bits per heavy atom. The molecule has 0 aliphatic heterocycles. The molecule has 0 saturated carbocycles. The SMILES string of the molecule is CCSc1ccc(-c2nc(C)c(Br)c(NC)n2)cc1. The number of aryl methyl sites for hydroxylation is 1. The van der Waals surface area contributed by atoms with Crippen LogP contribution >= 0.6 is 27.7 Å². The number of hydrogen-bond donors (Lipinski definition) is 1. The van der Waals surface area contributed by atoms with Crippen molar-refractivity contribution in [3.8, 4) is 11.4 Å². The van der Waals surface area contributed by atoms with Gasteiger partial charge >= 0.3 is 0 Å². The lowest BCUT2D eigenvalue weighted by Gasteiger charge is -2.09. The van der Waals surface area contributed by atoms with Gasteiger partial charge in [0.05, 0.1) is 10.2 Å². The number of rotatable bonds is 4. The Kier molecular flexibility index (Phi) is 4.82. The summed E-state index contributed by atoms with van der Waals surface area (Å²) in [6.45, 7) is 4.12. The van der Waals surface area contributed by atoms with Crippen molar-refractivity contribution in [2.75, 3.05) is 18.1 Å². The molecule has 0 aliphatic carbocycles. The van der Waals surface area contributed by atoms with Crippen LogP contribution in [-0.4, -0.2) is 22.8 Å². The maximum Gasteiger partial charge on any atom is 0.161 e. The molecule has 0 fully saturated rings. The Bertz CT molecular complexity index is 570. The largest absolute Gasteiger partial charge is 0.372 e. The molecule has 0 amide bonds. The lowest BCUT2D eigenvalue weighted by Crippen LogP contribution is -2.00. The number of aromatic nitrogens is 2. The van der Waals surface area contributed by atoms with Gasteiger partial charge in [0.1, 0.15) is 5.82 Å². The molecular formula is C14H16BrN3S. The molecule has 0 unspecified atom stereocenters. The van der Waals surface area contributed by atoms with E-state index in [1.165, 1.54) is 4.90 Å². The molecule has 2 aromatic rings. The Labute approximate surface area is 126 Å². The molecule has 0 spiro atoms. The predicted octanol–water partition coefficient (Wildman–Crippen LogP) is 4.37. The summed E-state index contributed by atoms with van der Waals surface area (Å²) in [5.74, 6) is 2.64. The lowest BCUT2D eigenvalue weighted by molar-refractivity contribution is 1.09. The molecule has 3 nitrogen and oxygen atoms in total. The van der Waals surface area contributed by atoms with Crippen LogP contribution in [0.4, 0.5) is 5.82 Å². The van der Waals surface area contributed by atoms with Crippen LogP contribution in [0.5, 0.6) is 0 Å². The van der Waals surface area contributed by atoms with Gasteiger partial charge in [-0.25, -0.2) is 9.97 Å². The van der Waals surface area contributed by atoms with Gasteiger partial charge in [-0.05, 0) is 40.7 Å². The fourth-order valence-electron chi connectivity index (χ4n) is 1.72. The van der Waals surface area contributed by atoms with Crippen molar-refractivity contribution in [1.82, 2.24) is 9.97 Å². The number of hydrogen-bond acceptors (Lipinski definition) is 4. The van der Waals surface area contributed by atoms with E-state index in [1.54, 1.807) is 0 Å². The van der Waals surface area contributed by atoms with Crippen LogP contribution in [0.15, 0.2) is 33.6 Å². The van der Waals surface area contributed by atoms with Gasteiger partial charge in [-0.2, -0.15) is 0 Å². The first-order chi connectivity index (χ1) is 9.15. The van der Waals surface area contributed by atoms with Crippen molar-refractivity contribution in [1.29, 1.82) is 0 Å². The third-order valence-electron chi connectivity index (χ3n) is 2.68. The highest BCUT2D eigenvalue weighted by molar-refractivity contribution is 9.10. The predicted molar refractivity (Wildman–Crippen MR) is 85.8 cm³/mol. The highest BCUT2D eigenvalue weighted by atomic mass is 79.9. The third-order valence-corrected chi connectivity index (χ3v) is 4.52. The standard InChI is InChI=1S/C14H16BrN3S/c1-4-19-11-7-5-10(6-8-11)13-17-9(2)12(15)14(16-3)18-13/h5-8H,4H2,1-3H3,(H,16,17,18). The summed E-state index contributed by atoms with van der Waals surface area (Å²) in [6.07, 6.45) is 0. The minimum absolute atomic E-state index is 0.748. The second-order valence-electron chi connectivity index (χ2n) is 4.00. The van der Waals surface area contributed by atoms with Crippen LogP contribution in [0.1, 0.15) is 12.6 Å². The summed E-state index contributed by atoms with van der Waals surface area (Å²) in [6, 6.07) is 8.37. The molecule has 0 atom stereocenters. The van der Waals surface area contributed by atoms with Gasteiger partial charge in [0.25, 0.3) is 0 Å². The van der Waals surface area contributed by atoms with Gasteiger partial charge in [-0.1, -0.05) is 19.1 Å². The lowest BCUT2D eigenvalue weighted by atomic mass is 10.2. The van der Waals surface area contributed by atoms with Gasteiger partial charge in [-0.3, -0.25) is 0 Å². The first-order valence-electron chi connectivity index (χ1n) is 6.10. The molecule has 0 bridgehead atoms. The average Bonchev–Trinajstić information content (AvgIpc) is 2.43. The van der Waals surface area contributed by atoms with E-state index in [9.17, 15) is 0 Å². The molecule has 19 heavy (non-hydrogen) atoms. The molecule has 0 radical (unpaired) electrons. The number of nitrogens with one attached hydrogen (secondary N) is 1. The number of thioether (sulfide) groups is 1. The number of benzene rings is 1. The molecular weight excluding hydrogens is 322 g/mol. The second-order valence-corrected chi connectivity index (χ2v) is 6.13. The maximum absolute atomic E-state index is 4.52. The summed E-state index contributed by atoms with van der Waals surface area (Å²) >= 11 is 5.32. The van der Waals surface area contributed by atoms with Crippen molar-refractivity contribution >= 4 is 33.5 Å². The van der Waals surface area contributed by atoms with Gasteiger partial charge in [0.15, 0.2) is 5.82 Å².